The van der Waals surface area contributed by atoms with Gasteiger partial charge in [0.1, 0.15) is 6.29 Å². The molecule has 0 aromatic carbocycles. The van der Waals surface area contributed by atoms with Gasteiger partial charge in [0.05, 0.1) is 0 Å². The van der Waals surface area contributed by atoms with E-state index in [4.69, 9.17) is 0 Å². The summed E-state index contributed by atoms with van der Waals surface area (Å²) < 4.78 is 0. The molecule has 2 bridgehead atoms. The molecule has 2 unspecified atom stereocenters. The minimum absolute atomic E-state index is 0.493. The molecule has 0 aromatic rings. The molecular weight excluding hydrogens is 172 g/mol. The zero-order chi connectivity index (χ0) is 9.97. The highest BCUT2D eigenvalue weighted by molar-refractivity contribution is 5.49. The lowest BCUT2D eigenvalue weighted by Crippen LogP contribution is -2.55. The first-order valence-corrected chi connectivity index (χ1v) is 6.05. The monoisotopic (exact) mass is 192 g/mol. The molecule has 14 heavy (non-hydrogen) atoms. The summed E-state index contributed by atoms with van der Waals surface area (Å²) in [5, 5.41) is 0. The second-order valence-corrected chi connectivity index (χ2v) is 6.28. The summed E-state index contributed by atoms with van der Waals surface area (Å²) in [6.07, 6.45) is 7.41. The Bertz CT molecular complexity index is 285. The van der Waals surface area contributed by atoms with Crippen LogP contribution in [0.3, 0.4) is 0 Å². The Morgan fingerprint density at radius 3 is 2.71 bits per heavy atom. The van der Waals surface area contributed by atoms with Gasteiger partial charge in [-0.25, -0.2) is 0 Å². The fourth-order valence-electron chi connectivity index (χ4n) is 5.16. The van der Waals surface area contributed by atoms with Gasteiger partial charge in [0.2, 0.25) is 0 Å². The van der Waals surface area contributed by atoms with Gasteiger partial charge in [0.25, 0.3) is 0 Å². The first kappa shape index (κ1) is 8.94. The van der Waals surface area contributed by atoms with E-state index in [1.165, 1.54) is 19.3 Å². The Balaban J connectivity index is 1.88. The van der Waals surface area contributed by atoms with Gasteiger partial charge in [0.15, 0.2) is 0 Å². The zero-order valence-corrected chi connectivity index (χ0v) is 9.25. The molecule has 0 radical (unpaired) electrons. The highest BCUT2D eigenvalue weighted by Crippen LogP contribution is 2.79. The van der Waals surface area contributed by atoms with Crippen LogP contribution < -0.4 is 0 Å². The normalized spacial score (nSPS) is 58.6. The van der Waals surface area contributed by atoms with E-state index < -0.39 is 0 Å². The van der Waals surface area contributed by atoms with E-state index >= 15 is 0 Å². The van der Waals surface area contributed by atoms with Crippen LogP contribution in [-0.2, 0) is 4.79 Å². The molecule has 0 spiro atoms. The van der Waals surface area contributed by atoms with Crippen molar-refractivity contribution in [2.45, 2.75) is 46.0 Å². The minimum Gasteiger partial charge on any atom is -0.303 e. The van der Waals surface area contributed by atoms with E-state index in [0.717, 1.165) is 36.9 Å². The Labute approximate surface area is 86.3 Å². The lowest BCUT2D eigenvalue weighted by Gasteiger charge is -2.62. The molecule has 1 heteroatoms. The van der Waals surface area contributed by atoms with Crippen LogP contribution in [0.25, 0.3) is 0 Å². The van der Waals surface area contributed by atoms with Crippen LogP contribution in [0.1, 0.15) is 46.0 Å². The van der Waals surface area contributed by atoms with Crippen LogP contribution in [0.4, 0.5) is 0 Å². The fourth-order valence-corrected chi connectivity index (χ4v) is 5.16. The molecule has 0 saturated heterocycles. The second kappa shape index (κ2) is 2.43. The van der Waals surface area contributed by atoms with Gasteiger partial charge in [-0.05, 0) is 54.3 Å². The molecule has 3 saturated carbocycles. The SMILES string of the molecule is CC12CC3C[C@@H](C[C@@H]31)[C@@]2(C)CCC=O. The van der Waals surface area contributed by atoms with Crippen LogP contribution in [-0.4, -0.2) is 6.29 Å². The summed E-state index contributed by atoms with van der Waals surface area (Å²) in [6, 6.07) is 0. The number of hydrogen-bond acceptors (Lipinski definition) is 1. The van der Waals surface area contributed by atoms with Gasteiger partial charge in [0, 0.05) is 6.42 Å². The quantitative estimate of drug-likeness (QED) is 0.628. The largest absolute Gasteiger partial charge is 0.303 e. The van der Waals surface area contributed by atoms with E-state index in [1.54, 1.807) is 0 Å². The van der Waals surface area contributed by atoms with E-state index in [-0.39, 0.29) is 0 Å². The van der Waals surface area contributed by atoms with E-state index in [9.17, 15) is 4.79 Å². The van der Waals surface area contributed by atoms with Crippen LogP contribution in [0.15, 0.2) is 0 Å². The maximum absolute atomic E-state index is 10.5. The topological polar surface area (TPSA) is 17.1 Å². The van der Waals surface area contributed by atoms with Gasteiger partial charge >= 0.3 is 0 Å². The smallest absolute Gasteiger partial charge is 0.120 e. The molecule has 78 valence electrons. The standard InChI is InChI=1S/C13H20O/c1-12(4-3-5-14)10-6-9-8-13(12,2)11(9)7-10/h5,9-11H,3-4,6-8H2,1-2H3/t9?,10-,11-,12+,13?/m0/s1. The molecule has 3 rings (SSSR count). The van der Waals surface area contributed by atoms with Crippen LogP contribution in [0.5, 0.6) is 0 Å². The maximum Gasteiger partial charge on any atom is 0.120 e. The number of rotatable bonds is 3. The van der Waals surface area contributed by atoms with Crippen molar-refractivity contribution in [1.82, 2.24) is 0 Å². The summed E-state index contributed by atoms with van der Waals surface area (Å²) in [5.74, 6) is 3.02. The number of fused-ring (bicyclic) bond motifs is 1. The van der Waals surface area contributed by atoms with E-state index in [1.807, 2.05) is 0 Å². The molecule has 0 N–H and O–H groups in total. The zero-order valence-electron chi connectivity index (χ0n) is 9.25. The van der Waals surface area contributed by atoms with E-state index in [0.29, 0.717) is 10.8 Å². The lowest BCUT2D eigenvalue weighted by molar-refractivity contribution is -0.133. The molecular formula is C13H20O. The highest BCUT2D eigenvalue weighted by Gasteiger charge is 2.71. The van der Waals surface area contributed by atoms with E-state index in [2.05, 4.69) is 13.8 Å². The summed E-state index contributed by atoms with van der Waals surface area (Å²) in [7, 11) is 0. The van der Waals surface area contributed by atoms with Gasteiger partial charge in [-0.3, -0.25) is 0 Å². The predicted molar refractivity (Wildman–Crippen MR) is 55.8 cm³/mol. The Morgan fingerprint density at radius 1 is 1.36 bits per heavy atom. The van der Waals surface area contributed by atoms with Crippen molar-refractivity contribution >= 4 is 6.29 Å². The van der Waals surface area contributed by atoms with Crippen LogP contribution >= 0.6 is 0 Å². The van der Waals surface area contributed by atoms with Gasteiger partial charge < -0.3 is 4.79 Å². The number of hydrogen-bond donors (Lipinski definition) is 0. The molecule has 3 fully saturated rings. The van der Waals surface area contributed by atoms with Gasteiger partial charge in [-0.15, -0.1) is 0 Å². The Morgan fingerprint density at radius 2 is 2.14 bits per heavy atom. The van der Waals surface area contributed by atoms with Crippen LogP contribution in [0, 0.1) is 28.6 Å². The predicted octanol–water partition coefficient (Wildman–Crippen LogP) is 3.04. The first-order valence-electron chi connectivity index (χ1n) is 6.05. The average Bonchev–Trinajstić information content (AvgIpc) is 2.57. The second-order valence-electron chi connectivity index (χ2n) is 6.28. The van der Waals surface area contributed by atoms with Crippen molar-refractivity contribution in [3.05, 3.63) is 0 Å². The van der Waals surface area contributed by atoms with Gasteiger partial charge in [-0.1, -0.05) is 13.8 Å². The fraction of sp³-hybridized carbons (Fsp3) is 0.923. The summed E-state index contributed by atoms with van der Waals surface area (Å²) in [5.41, 5.74) is 1.09. The summed E-state index contributed by atoms with van der Waals surface area (Å²) in [6.45, 7) is 4.94. The Hall–Kier alpha value is -0.330. The maximum atomic E-state index is 10.5. The third-order valence-electron chi connectivity index (χ3n) is 6.19. The molecule has 0 aliphatic heterocycles. The van der Waals surface area contributed by atoms with Crippen molar-refractivity contribution in [1.29, 1.82) is 0 Å². The molecule has 3 aliphatic carbocycles. The lowest BCUT2D eigenvalue weighted by atomic mass is 9.43. The van der Waals surface area contributed by atoms with Gasteiger partial charge in [-0.2, -0.15) is 0 Å². The van der Waals surface area contributed by atoms with Crippen molar-refractivity contribution < 1.29 is 4.79 Å². The summed E-state index contributed by atoms with van der Waals surface area (Å²) >= 11 is 0. The third kappa shape index (κ3) is 0.730. The highest BCUT2D eigenvalue weighted by atomic mass is 16.1. The number of aldehydes is 1. The first-order chi connectivity index (χ1) is 6.62. The van der Waals surface area contributed by atoms with Crippen molar-refractivity contribution in [2.24, 2.45) is 28.6 Å². The molecule has 1 nitrogen and oxygen atoms in total. The molecule has 0 heterocycles. The number of carbonyl (C=O) groups is 1. The summed E-state index contributed by atoms with van der Waals surface area (Å²) in [4.78, 5) is 10.5. The van der Waals surface area contributed by atoms with Crippen LogP contribution in [0.2, 0.25) is 0 Å². The molecule has 3 aliphatic rings. The molecule has 5 atom stereocenters. The average molecular weight is 192 g/mol. The molecule has 0 amide bonds. The molecule has 0 aromatic heterocycles. The third-order valence-corrected chi connectivity index (χ3v) is 6.19. The number of carbonyl (C=O) groups excluding carboxylic acids is 1. The van der Waals surface area contributed by atoms with Crippen molar-refractivity contribution in [2.75, 3.05) is 0 Å². The Kier molecular flexibility index (Phi) is 1.55. The minimum atomic E-state index is 0.493. The van der Waals surface area contributed by atoms with Crippen molar-refractivity contribution in [3.63, 3.8) is 0 Å². The van der Waals surface area contributed by atoms with Crippen molar-refractivity contribution in [3.8, 4) is 0 Å².